The molecule has 28 heavy (non-hydrogen) atoms. The summed E-state index contributed by atoms with van der Waals surface area (Å²) in [6.45, 7) is 2.06. The maximum absolute atomic E-state index is 11.6. The highest BCUT2D eigenvalue weighted by atomic mass is 32.2. The Balaban J connectivity index is 1.42. The van der Waals surface area contributed by atoms with Crippen LogP contribution in [-0.2, 0) is 11.4 Å². The van der Waals surface area contributed by atoms with Crippen LogP contribution in [0.25, 0.3) is 17.5 Å². The first kappa shape index (κ1) is 18.0. The highest BCUT2D eigenvalue weighted by molar-refractivity contribution is 8.18. The van der Waals surface area contributed by atoms with Crippen LogP contribution in [0.3, 0.4) is 0 Å². The summed E-state index contributed by atoms with van der Waals surface area (Å²) in [4.78, 5) is 31.8. The van der Waals surface area contributed by atoms with Crippen molar-refractivity contribution in [3.05, 3.63) is 70.6 Å². The van der Waals surface area contributed by atoms with Crippen LogP contribution in [0.15, 0.2) is 58.0 Å². The lowest BCUT2D eigenvalue weighted by atomic mass is 10.2. The monoisotopic (exact) mass is 393 g/mol. The fraction of sp³-hybridized carbons (Fsp3) is 0.100. The number of carbonyl (C=O) groups excluding carboxylic acids is 2. The molecule has 7 nitrogen and oxygen atoms in total. The van der Waals surface area contributed by atoms with Gasteiger partial charge in [0, 0.05) is 17.8 Å². The summed E-state index contributed by atoms with van der Waals surface area (Å²) in [6, 6.07) is 13.1. The average molecular weight is 393 g/mol. The van der Waals surface area contributed by atoms with E-state index in [0.29, 0.717) is 33.7 Å². The molecule has 0 radical (unpaired) electrons. The zero-order valence-electron chi connectivity index (χ0n) is 14.8. The number of ether oxygens (including phenoxy) is 1. The van der Waals surface area contributed by atoms with E-state index in [2.05, 4.69) is 15.3 Å². The van der Waals surface area contributed by atoms with Gasteiger partial charge < -0.3 is 9.15 Å². The second kappa shape index (κ2) is 7.69. The molecule has 0 bridgehead atoms. The molecule has 2 amide bonds. The van der Waals surface area contributed by atoms with Gasteiger partial charge in [0.05, 0.1) is 4.91 Å². The number of imide groups is 1. The van der Waals surface area contributed by atoms with Crippen molar-refractivity contribution in [2.75, 3.05) is 0 Å². The summed E-state index contributed by atoms with van der Waals surface area (Å²) in [5.74, 6) is 1.26. The van der Waals surface area contributed by atoms with Crippen molar-refractivity contribution in [1.29, 1.82) is 0 Å². The summed E-state index contributed by atoms with van der Waals surface area (Å²) < 4.78 is 11.4. The van der Waals surface area contributed by atoms with Gasteiger partial charge in [-0.1, -0.05) is 18.2 Å². The first-order chi connectivity index (χ1) is 13.6. The second-order valence-corrected chi connectivity index (χ2v) is 6.97. The molecule has 3 heterocycles. The minimum Gasteiger partial charge on any atom is -0.471 e. The molecule has 1 aromatic carbocycles. The molecule has 1 saturated heterocycles. The molecule has 0 aliphatic carbocycles. The van der Waals surface area contributed by atoms with Crippen LogP contribution in [0.2, 0.25) is 0 Å². The van der Waals surface area contributed by atoms with E-state index in [-0.39, 0.29) is 11.8 Å². The summed E-state index contributed by atoms with van der Waals surface area (Å²) in [5, 5.41) is 1.84. The normalized spacial score (nSPS) is 15.1. The minimum atomic E-state index is -0.397. The number of hydrogen-bond acceptors (Lipinski definition) is 7. The maximum atomic E-state index is 11.6. The molecule has 0 saturated carbocycles. The van der Waals surface area contributed by atoms with E-state index in [1.165, 1.54) is 0 Å². The number of amides is 2. The van der Waals surface area contributed by atoms with Crippen LogP contribution in [0.1, 0.15) is 17.0 Å². The van der Waals surface area contributed by atoms with Crippen molar-refractivity contribution >= 4 is 29.0 Å². The van der Waals surface area contributed by atoms with Crippen molar-refractivity contribution in [1.82, 2.24) is 15.3 Å². The van der Waals surface area contributed by atoms with Crippen LogP contribution in [-0.4, -0.2) is 21.1 Å². The number of nitrogens with one attached hydrogen (secondary N) is 1. The Labute approximate surface area is 164 Å². The predicted molar refractivity (Wildman–Crippen MR) is 104 cm³/mol. The summed E-state index contributed by atoms with van der Waals surface area (Å²) >= 11 is 0.866. The van der Waals surface area contributed by atoms with Crippen molar-refractivity contribution in [2.45, 2.75) is 13.5 Å². The molecule has 140 valence electrons. The average Bonchev–Trinajstić information content (AvgIpc) is 3.23. The first-order valence-corrected chi connectivity index (χ1v) is 9.25. The van der Waals surface area contributed by atoms with Crippen molar-refractivity contribution in [3.63, 3.8) is 0 Å². The first-order valence-electron chi connectivity index (χ1n) is 8.44. The molecule has 1 N–H and O–H groups in total. The number of benzene rings is 1. The van der Waals surface area contributed by atoms with E-state index >= 15 is 0 Å². The summed E-state index contributed by atoms with van der Waals surface area (Å²) in [6.07, 6.45) is 3.18. The third kappa shape index (κ3) is 3.96. The number of thioether (sulfide) groups is 1. The highest BCUT2D eigenvalue weighted by Gasteiger charge is 2.24. The standard InChI is InChI=1S/C20H15N3O4S/c1-12-15(22-19(27-12)14-5-3-2-4-6-14)11-26-17-8-7-13(10-21-17)9-16-18(24)23-20(25)28-16/h2-10H,11H2,1H3,(H,23,24,25). The van der Waals surface area contributed by atoms with E-state index in [1.807, 2.05) is 37.3 Å². The SMILES string of the molecule is Cc1oc(-c2ccccc2)nc1COc1ccc(C=C2SC(=O)NC2=O)cn1. The molecular formula is C20H15N3O4S. The molecule has 3 aromatic rings. The smallest absolute Gasteiger partial charge is 0.290 e. The van der Waals surface area contributed by atoms with E-state index < -0.39 is 5.91 Å². The Bertz CT molecular complexity index is 1060. The van der Waals surface area contributed by atoms with Gasteiger partial charge in [0.15, 0.2) is 0 Å². The van der Waals surface area contributed by atoms with Crippen molar-refractivity contribution in [2.24, 2.45) is 0 Å². The number of hydrogen-bond donors (Lipinski definition) is 1. The number of oxazole rings is 1. The number of rotatable bonds is 5. The third-order valence-corrected chi connectivity index (χ3v) is 4.78. The Kier molecular flexibility index (Phi) is 4.94. The van der Waals surface area contributed by atoms with E-state index in [4.69, 9.17) is 9.15 Å². The molecule has 0 spiro atoms. The number of nitrogens with zero attached hydrogens (tertiary/aromatic N) is 2. The molecule has 1 aliphatic rings. The molecule has 0 unspecified atom stereocenters. The van der Waals surface area contributed by atoms with Crippen molar-refractivity contribution in [3.8, 4) is 17.3 Å². The number of pyridine rings is 1. The molecule has 1 aliphatic heterocycles. The number of carbonyl (C=O) groups is 2. The zero-order valence-corrected chi connectivity index (χ0v) is 15.7. The molecule has 4 rings (SSSR count). The van der Waals surface area contributed by atoms with Crippen LogP contribution in [0.5, 0.6) is 5.88 Å². The quantitative estimate of drug-likeness (QED) is 0.656. The highest BCUT2D eigenvalue weighted by Crippen LogP contribution is 2.26. The lowest BCUT2D eigenvalue weighted by molar-refractivity contribution is -0.115. The van der Waals surface area contributed by atoms with Gasteiger partial charge in [-0.05, 0) is 48.5 Å². The van der Waals surface area contributed by atoms with Crippen molar-refractivity contribution < 1.29 is 18.7 Å². The largest absolute Gasteiger partial charge is 0.471 e. The van der Waals surface area contributed by atoms with E-state index in [1.54, 1.807) is 24.4 Å². The van der Waals surface area contributed by atoms with E-state index in [9.17, 15) is 9.59 Å². The summed E-state index contributed by atoms with van der Waals surface area (Å²) in [7, 11) is 0. The molecule has 0 atom stereocenters. The van der Waals surface area contributed by atoms with Gasteiger partial charge in [0.2, 0.25) is 11.8 Å². The number of aryl methyl sites for hydroxylation is 1. The zero-order chi connectivity index (χ0) is 19.5. The van der Waals surface area contributed by atoms with Gasteiger partial charge in [-0.3, -0.25) is 14.9 Å². The molecule has 2 aromatic heterocycles. The molecule has 8 heteroatoms. The van der Waals surface area contributed by atoms with Gasteiger partial charge in [-0.25, -0.2) is 9.97 Å². The lowest BCUT2D eigenvalue weighted by Crippen LogP contribution is -2.17. The molecule has 1 fully saturated rings. The van der Waals surface area contributed by atoms with Crippen LogP contribution in [0, 0.1) is 6.92 Å². The van der Waals surface area contributed by atoms with Crippen LogP contribution >= 0.6 is 11.8 Å². The Morgan fingerprint density at radius 1 is 1.18 bits per heavy atom. The second-order valence-electron chi connectivity index (χ2n) is 5.96. The third-order valence-electron chi connectivity index (χ3n) is 3.97. The lowest BCUT2D eigenvalue weighted by Gasteiger charge is -2.03. The topological polar surface area (TPSA) is 94.3 Å². The predicted octanol–water partition coefficient (Wildman–Crippen LogP) is 3.95. The van der Waals surface area contributed by atoms with Gasteiger partial charge in [0.25, 0.3) is 11.1 Å². The summed E-state index contributed by atoms with van der Waals surface area (Å²) in [5.41, 5.74) is 2.30. The maximum Gasteiger partial charge on any atom is 0.290 e. The van der Waals surface area contributed by atoms with Crippen LogP contribution in [0.4, 0.5) is 4.79 Å². The van der Waals surface area contributed by atoms with E-state index in [0.717, 1.165) is 17.3 Å². The van der Waals surface area contributed by atoms with Crippen LogP contribution < -0.4 is 10.1 Å². The minimum absolute atomic E-state index is 0.225. The fourth-order valence-electron chi connectivity index (χ4n) is 2.54. The Hall–Kier alpha value is -3.39. The van der Waals surface area contributed by atoms with Gasteiger partial charge in [-0.15, -0.1) is 0 Å². The Morgan fingerprint density at radius 2 is 2.00 bits per heavy atom. The fourth-order valence-corrected chi connectivity index (χ4v) is 3.23. The van der Waals surface area contributed by atoms with Gasteiger partial charge in [0.1, 0.15) is 18.1 Å². The Morgan fingerprint density at radius 3 is 2.68 bits per heavy atom. The molecular weight excluding hydrogens is 378 g/mol. The van der Waals surface area contributed by atoms with Gasteiger partial charge in [-0.2, -0.15) is 0 Å². The number of aromatic nitrogens is 2. The van der Waals surface area contributed by atoms with Gasteiger partial charge >= 0.3 is 0 Å².